The Morgan fingerprint density at radius 2 is 2.03 bits per heavy atom. The molecule has 0 aliphatic carbocycles. The Labute approximate surface area is 192 Å². The van der Waals surface area contributed by atoms with Gasteiger partial charge < -0.3 is 15.5 Å². The molecule has 2 aromatic heterocycles. The highest BCUT2D eigenvalue weighted by Crippen LogP contribution is 2.41. The van der Waals surface area contributed by atoms with E-state index in [1.54, 1.807) is 17.5 Å². The molecule has 3 aromatic rings. The van der Waals surface area contributed by atoms with Crippen LogP contribution in [0.3, 0.4) is 0 Å². The van der Waals surface area contributed by atoms with Gasteiger partial charge in [0.1, 0.15) is 0 Å². The van der Waals surface area contributed by atoms with Crippen LogP contribution in [0.4, 0.5) is 5.69 Å². The number of rotatable bonds is 7. The molecule has 1 amide bonds. The van der Waals surface area contributed by atoms with Crippen LogP contribution < -0.4 is 10.6 Å². The second kappa shape index (κ2) is 9.58. The van der Waals surface area contributed by atoms with Crippen molar-refractivity contribution in [2.75, 3.05) is 11.9 Å². The smallest absolute Gasteiger partial charge is 0.226 e. The van der Waals surface area contributed by atoms with E-state index in [0.29, 0.717) is 18.1 Å². The standard InChI is InChI=1S/C24H26N4OS2/c1-3-17-8-4-5-9-18(17)26-20(29)11-14-28-22(23-16(2)12-15-31-23)21(27-24(28)30)19-10-6-7-13-25-19/h4-10,12-13,15,21-22H,3,11,14H2,1-2H3,(H,26,29)(H,27,30). The number of para-hydroxylation sites is 1. The molecule has 1 saturated heterocycles. The van der Waals surface area contributed by atoms with Crippen molar-refractivity contribution >= 4 is 40.3 Å². The van der Waals surface area contributed by atoms with E-state index in [-0.39, 0.29) is 18.0 Å². The monoisotopic (exact) mass is 450 g/mol. The van der Waals surface area contributed by atoms with Crippen molar-refractivity contribution < 1.29 is 4.79 Å². The van der Waals surface area contributed by atoms with Gasteiger partial charge in [0, 0.05) is 29.7 Å². The second-order valence-electron chi connectivity index (χ2n) is 7.60. The lowest BCUT2D eigenvalue weighted by atomic mass is 10.0. The molecular formula is C24H26N4OS2. The van der Waals surface area contributed by atoms with E-state index in [1.807, 2.05) is 42.5 Å². The number of pyridine rings is 1. The number of hydrogen-bond donors (Lipinski definition) is 2. The summed E-state index contributed by atoms with van der Waals surface area (Å²) in [6.45, 7) is 4.75. The fourth-order valence-corrected chi connectivity index (χ4v) is 5.41. The summed E-state index contributed by atoms with van der Waals surface area (Å²) in [5.41, 5.74) is 4.20. The van der Waals surface area contributed by atoms with Crippen LogP contribution in [0.15, 0.2) is 60.1 Å². The quantitative estimate of drug-likeness (QED) is 0.495. The number of nitrogens with zero attached hydrogens (tertiary/aromatic N) is 2. The predicted molar refractivity (Wildman–Crippen MR) is 130 cm³/mol. The minimum absolute atomic E-state index is 0.00774. The van der Waals surface area contributed by atoms with E-state index in [2.05, 4.69) is 45.8 Å². The first kappa shape index (κ1) is 21.5. The SMILES string of the molecule is CCc1ccccc1NC(=O)CCN1C(=S)NC(c2ccccn2)C1c1sccc1C. The first-order chi connectivity index (χ1) is 15.1. The van der Waals surface area contributed by atoms with Gasteiger partial charge in [-0.3, -0.25) is 9.78 Å². The van der Waals surface area contributed by atoms with Gasteiger partial charge in [-0.05, 0) is 66.3 Å². The topological polar surface area (TPSA) is 57.3 Å². The van der Waals surface area contributed by atoms with E-state index in [9.17, 15) is 4.79 Å². The average Bonchev–Trinajstić information content (AvgIpc) is 3.35. The van der Waals surface area contributed by atoms with Crippen molar-refractivity contribution in [2.45, 2.75) is 38.8 Å². The summed E-state index contributed by atoms with van der Waals surface area (Å²) in [6.07, 6.45) is 3.04. The van der Waals surface area contributed by atoms with Crippen molar-refractivity contribution in [3.8, 4) is 0 Å². The molecule has 5 nitrogen and oxygen atoms in total. The molecular weight excluding hydrogens is 424 g/mol. The maximum Gasteiger partial charge on any atom is 0.226 e. The Kier molecular flexibility index (Phi) is 6.63. The number of anilines is 1. The van der Waals surface area contributed by atoms with E-state index < -0.39 is 0 Å². The third kappa shape index (κ3) is 4.62. The third-order valence-electron chi connectivity index (χ3n) is 5.62. The molecule has 2 N–H and O–H groups in total. The fraction of sp³-hybridized carbons (Fsp3) is 0.292. The van der Waals surface area contributed by atoms with Gasteiger partial charge in [-0.1, -0.05) is 31.2 Å². The highest BCUT2D eigenvalue weighted by Gasteiger charge is 2.40. The van der Waals surface area contributed by atoms with Gasteiger partial charge >= 0.3 is 0 Å². The van der Waals surface area contributed by atoms with Gasteiger partial charge in [-0.25, -0.2) is 0 Å². The van der Waals surface area contributed by atoms with Crippen molar-refractivity contribution in [2.24, 2.45) is 0 Å². The average molecular weight is 451 g/mol. The van der Waals surface area contributed by atoms with Gasteiger partial charge in [-0.15, -0.1) is 11.3 Å². The molecule has 7 heteroatoms. The molecule has 0 radical (unpaired) electrons. The lowest BCUT2D eigenvalue weighted by Crippen LogP contribution is -2.32. The molecule has 31 heavy (non-hydrogen) atoms. The molecule has 4 rings (SSSR count). The maximum atomic E-state index is 12.7. The van der Waals surface area contributed by atoms with Gasteiger partial charge in [0.15, 0.2) is 5.11 Å². The lowest BCUT2D eigenvalue weighted by Gasteiger charge is -2.27. The molecule has 1 aliphatic heterocycles. The first-order valence-corrected chi connectivity index (χ1v) is 11.8. The van der Waals surface area contributed by atoms with Crippen LogP contribution in [0.1, 0.15) is 47.1 Å². The number of aryl methyl sites for hydroxylation is 2. The predicted octanol–water partition coefficient (Wildman–Crippen LogP) is 5.02. The molecule has 0 saturated carbocycles. The lowest BCUT2D eigenvalue weighted by molar-refractivity contribution is -0.116. The third-order valence-corrected chi connectivity index (χ3v) is 7.06. The summed E-state index contributed by atoms with van der Waals surface area (Å²) < 4.78 is 0. The minimum Gasteiger partial charge on any atom is -0.352 e. The number of thiocarbonyl (C=S) groups is 1. The summed E-state index contributed by atoms with van der Waals surface area (Å²) in [5.74, 6) is -0.00774. The Bertz CT molecular complexity index is 1070. The van der Waals surface area contributed by atoms with Gasteiger partial charge in [0.2, 0.25) is 5.91 Å². The normalized spacial score (nSPS) is 18.1. The number of aromatic nitrogens is 1. The maximum absolute atomic E-state index is 12.7. The molecule has 1 fully saturated rings. The molecule has 0 spiro atoms. The van der Waals surface area contributed by atoms with E-state index in [4.69, 9.17) is 12.2 Å². The molecule has 2 unspecified atom stereocenters. The number of carbonyl (C=O) groups is 1. The fourth-order valence-electron chi connectivity index (χ4n) is 4.00. The summed E-state index contributed by atoms with van der Waals surface area (Å²) >= 11 is 7.42. The molecule has 0 bridgehead atoms. The highest BCUT2D eigenvalue weighted by molar-refractivity contribution is 7.80. The number of carbonyl (C=O) groups excluding carboxylic acids is 1. The molecule has 2 atom stereocenters. The Morgan fingerprint density at radius 1 is 1.23 bits per heavy atom. The zero-order chi connectivity index (χ0) is 21.8. The minimum atomic E-state index is -0.0464. The van der Waals surface area contributed by atoms with Crippen molar-refractivity contribution in [1.29, 1.82) is 0 Å². The summed E-state index contributed by atoms with van der Waals surface area (Å²) in [5, 5.41) is 9.28. The number of nitrogens with one attached hydrogen (secondary N) is 2. The van der Waals surface area contributed by atoms with Crippen molar-refractivity contribution in [1.82, 2.24) is 15.2 Å². The van der Waals surface area contributed by atoms with Gasteiger partial charge in [0.05, 0.1) is 17.8 Å². The van der Waals surface area contributed by atoms with Crippen molar-refractivity contribution in [3.63, 3.8) is 0 Å². The molecule has 160 valence electrons. The van der Waals surface area contributed by atoms with Crippen LogP contribution in [-0.4, -0.2) is 27.4 Å². The van der Waals surface area contributed by atoms with E-state index >= 15 is 0 Å². The number of thiophene rings is 1. The van der Waals surface area contributed by atoms with E-state index in [1.165, 1.54) is 10.4 Å². The summed E-state index contributed by atoms with van der Waals surface area (Å²) in [7, 11) is 0. The highest BCUT2D eigenvalue weighted by atomic mass is 32.1. The zero-order valence-corrected chi connectivity index (χ0v) is 19.3. The largest absolute Gasteiger partial charge is 0.352 e. The van der Waals surface area contributed by atoms with Crippen LogP contribution >= 0.6 is 23.6 Å². The summed E-state index contributed by atoms with van der Waals surface area (Å²) in [4.78, 5) is 20.7. The van der Waals surface area contributed by atoms with Crippen LogP contribution in [0.2, 0.25) is 0 Å². The van der Waals surface area contributed by atoms with Gasteiger partial charge in [0.25, 0.3) is 0 Å². The Hall–Kier alpha value is -2.77. The number of hydrogen-bond acceptors (Lipinski definition) is 4. The molecule has 1 aromatic carbocycles. The van der Waals surface area contributed by atoms with Crippen LogP contribution in [0, 0.1) is 6.92 Å². The second-order valence-corrected chi connectivity index (χ2v) is 8.93. The summed E-state index contributed by atoms with van der Waals surface area (Å²) in [6, 6.07) is 16.0. The van der Waals surface area contributed by atoms with Crippen LogP contribution in [0.5, 0.6) is 0 Å². The van der Waals surface area contributed by atoms with Crippen LogP contribution in [-0.2, 0) is 11.2 Å². The number of amides is 1. The van der Waals surface area contributed by atoms with Crippen LogP contribution in [0.25, 0.3) is 0 Å². The Balaban J connectivity index is 1.53. The van der Waals surface area contributed by atoms with E-state index in [0.717, 1.165) is 23.4 Å². The first-order valence-electron chi connectivity index (χ1n) is 10.5. The Morgan fingerprint density at radius 3 is 2.74 bits per heavy atom. The van der Waals surface area contributed by atoms with Gasteiger partial charge in [-0.2, -0.15) is 0 Å². The van der Waals surface area contributed by atoms with Crippen molar-refractivity contribution in [3.05, 3.63) is 81.8 Å². The zero-order valence-electron chi connectivity index (χ0n) is 17.7. The molecule has 1 aliphatic rings. The number of benzene rings is 1. The molecule has 3 heterocycles.